The summed E-state index contributed by atoms with van der Waals surface area (Å²) in [7, 11) is 3.07. The van der Waals surface area contributed by atoms with Crippen LogP contribution in [0, 0.1) is 19.7 Å². The maximum atomic E-state index is 13.3. The summed E-state index contributed by atoms with van der Waals surface area (Å²) in [6.45, 7) is 4.03. The smallest absolute Gasteiger partial charge is 0.341 e. The fourth-order valence-corrected chi connectivity index (χ4v) is 5.45. The first-order chi connectivity index (χ1) is 18.2. The minimum Gasteiger partial charge on any atom is -0.486 e. The van der Waals surface area contributed by atoms with Crippen LogP contribution in [0.1, 0.15) is 27.3 Å². The van der Waals surface area contributed by atoms with Gasteiger partial charge in [0.05, 0.1) is 17.9 Å². The molecule has 0 fully saturated rings. The van der Waals surface area contributed by atoms with Crippen LogP contribution in [0.3, 0.4) is 0 Å². The van der Waals surface area contributed by atoms with Gasteiger partial charge in [-0.2, -0.15) is 0 Å². The zero-order valence-corrected chi connectivity index (χ0v) is 23.4. The number of benzene rings is 2. The van der Waals surface area contributed by atoms with Crippen LogP contribution in [0.25, 0.3) is 11.1 Å². The number of thioether (sulfide) groups is 1. The van der Waals surface area contributed by atoms with E-state index >= 15 is 0 Å². The van der Waals surface area contributed by atoms with Crippen LogP contribution in [-0.4, -0.2) is 39.5 Å². The first-order valence-electron chi connectivity index (χ1n) is 11.3. The second-order valence-corrected chi connectivity index (χ2v) is 10.6. The monoisotopic (exact) mass is 574 g/mol. The number of rotatable bonds is 9. The lowest BCUT2D eigenvalue weighted by atomic mass is 9.97. The van der Waals surface area contributed by atoms with Crippen LogP contribution < -0.4 is 10.1 Å². The van der Waals surface area contributed by atoms with Gasteiger partial charge in [-0.15, -0.1) is 21.5 Å². The Labute approximate surface area is 232 Å². The Morgan fingerprint density at radius 3 is 2.68 bits per heavy atom. The molecule has 0 spiro atoms. The minimum atomic E-state index is -0.530. The summed E-state index contributed by atoms with van der Waals surface area (Å²) >= 11 is 8.24. The molecule has 2 aromatic carbocycles. The van der Waals surface area contributed by atoms with Crippen LogP contribution in [0.5, 0.6) is 5.75 Å². The lowest BCUT2D eigenvalue weighted by molar-refractivity contribution is -0.113. The Morgan fingerprint density at radius 2 is 1.95 bits per heavy atom. The van der Waals surface area contributed by atoms with Crippen LogP contribution >= 0.6 is 34.7 Å². The molecule has 0 aliphatic rings. The number of carbonyl (C=O) groups is 2. The molecule has 2 aromatic heterocycles. The van der Waals surface area contributed by atoms with E-state index in [4.69, 9.17) is 21.1 Å². The number of amides is 1. The lowest BCUT2D eigenvalue weighted by Gasteiger charge is -2.10. The Balaban J connectivity index is 1.42. The Morgan fingerprint density at radius 1 is 1.16 bits per heavy atom. The fourth-order valence-electron chi connectivity index (χ4n) is 3.58. The van der Waals surface area contributed by atoms with Gasteiger partial charge in [0.25, 0.3) is 0 Å². The molecule has 0 aliphatic carbocycles. The van der Waals surface area contributed by atoms with Gasteiger partial charge in [0.15, 0.2) is 11.0 Å². The summed E-state index contributed by atoms with van der Waals surface area (Å²) in [6.07, 6.45) is 0. The average molecular weight is 575 g/mol. The molecular weight excluding hydrogens is 551 g/mol. The highest BCUT2D eigenvalue weighted by atomic mass is 35.5. The van der Waals surface area contributed by atoms with Crippen LogP contribution in [-0.2, 0) is 23.2 Å². The number of carbonyl (C=O) groups excluding carboxylic acids is 2. The van der Waals surface area contributed by atoms with Gasteiger partial charge in [-0.3, -0.25) is 4.79 Å². The third-order valence-corrected chi connectivity index (χ3v) is 7.84. The highest BCUT2D eigenvalue weighted by Crippen LogP contribution is 2.38. The second kappa shape index (κ2) is 12.0. The molecule has 12 heteroatoms. The van der Waals surface area contributed by atoms with E-state index < -0.39 is 11.8 Å². The van der Waals surface area contributed by atoms with E-state index in [0.717, 1.165) is 16.7 Å². The standard InChI is InChI=1S/C26H24ClFN4O4S2/c1-14-5-6-15(2)17(9-14)18-12-37-24(23(18)25(34)35-4)29-22(33)13-38-26-31-30-21(32(26)3)11-36-16-7-8-20(28)19(27)10-16/h5-10,12H,11,13H2,1-4H3,(H,29,33). The number of hydrogen-bond acceptors (Lipinski definition) is 8. The molecule has 0 unspecified atom stereocenters. The largest absolute Gasteiger partial charge is 0.486 e. The molecule has 0 saturated heterocycles. The van der Waals surface area contributed by atoms with Crippen LogP contribution in [0.4, 0.5) is 9.39 Å². The van der Waals surface area contributed by atoms with Crippen LogP contribution in [0.2, 0.25) is 5.02 Å². The number of aromatic nitrogens is 3. The number of thiophene rings is 1. The van der Waals surface area contributed by atoms with E-state index in [9.17, 15) is 14.0 Å². The molecule has 4 aromatic rings. The topological polar surface area (TPSA) is 95.3 Å². The maximum Gasteiger partial charge on any atom is 0.341 e. The minimum absolute atomic E-state index is 0.0371. The van der Waals surface area contributed by atoms with E-state index in [2.05, 4.69) is 15.5 Å². The highest BCUT2D eigenvalue weighted by molar-refractivity contribution is 7.99. The highest BCUT2D eigenvalue weighted by Gasteiger charge is 2.23. The van der Waals surface area contributed by atoms with Crippen molar-refractivity contribution in [1.29, 1.82) is 0 Å². The molecule has 198 valence electrons. The first kappa shape index (κ1) is 27.6. The summed E-state index contributed by atoms with van der Waals surface area (Å²) in [5.41, 5.74) is 4.02. The summed E-state index contributed by atoms with van der Waals surface area (Å²) < 4.78 is 25.7. The van der Waals surface area contributed by atoms with Gasteiger partial charge in [0.1, 0.15) is 28.7 Å². The number of nitrogens with zero attached hydrogens (tertiary/aromatic N) is 3. The number of nitrogens with one attached hydrogen (secondary N) is 1. The fraction of sp³-hybridized carbons (Fsp3) is 0.231. The van der Waals surface area contributed by atoms with Gasteiger partial charge in [-0.1, -0.05) is 47.1 Å². The van der Waals surface area contributed by atoms with Gasteiger partial charge in [-0.05, 0) is 37.1 Å². The molecular formula is C26H24ClFN4O4S2. The Kier molecular flexibility index (Phi) is 8.70. The van der Waals surface area contributed by atoms with Crippen LogP contribution in [0.15, 0.2) is 46.9 Å². The van der Waals surface area contributed by atoms with E-state index in [0.29, 0.717) is 32.9 Å². The van der Waals surface area contributed by atoms with E-state index in [1.54, 1.807) is 11.6 Å². The number of esters is 1. The van der Waals surface area contributed by atoms with Crippen molar-refractivity contribution in [3.63, 3.8) is 0 Å². The van der Waals surface area contributed by atoms with Gasteiger partial charge in [0.2, 0.25) is 5.91 Å². The molecule has 0 atom stereocenters. The molecule has 0 bridgehead atoms. The van der Waals surface area contributed by atoms with Crippen molar-refractivity contribution in [1.82, 2.24) is 14.8 Å². The molecule has 1 amide bonds. The Bertz CT molecular complexity index is 1500. The predicted octanol–water partition coefficient (Wildman–Crippen LogP) is 6.05. The number of halogens is 2. The van der Waals surface area contributed by atoms with Gasteiger partial charge < -0.3 is 19.4 Å². The van der Waals surface area contributed by atoms with Crippen molar-refractivity contribution in [2.75, 3.05) is 18.2 Å². The van der Waals surface area contributed by atoms with E-state index in [-0.39, 0.29) is 23.3 Å². The SMILES string of the molecule is COC(=O)c1c(-c2cc(C)ccc2C)csc1NC(=O)CSc1nnc(COc2ccc(F)c(Cl)c2)n1C. The van der Waals surface area contributed by atoms with E-state index in [1.807, 2.05) is 37.4 Å². The molecule has 1 N–H and O–H groups in total. The number of anilines is 1. The summed E-state index contributed by atoms with van der Waals surface area (Å²) in [5, 5.41) is 13.8. The first-order valence-corrected chi connectivity index (χ1v) is 13.6. The molecule has 2 heterocycles. The molecule has 0 aliphatic heterocycles. The lowest BCUT2D eigenvalue weighted by Crippen LogP contribution is -2.16. The molecule has 0 radical (unpaired) electrons. The Hall–Kier alpha value is -3.41. The van der Waals surface area contributed by atoms with Crippen molar-refractivity contribution < 1.29 is 23.5 Å². The molecule has 8 nitrogen and oxygen atoms in total. The number of aryl methyl sites for hydroxylation is 2. The predicted molar refractivity (Wildman–Crippen MR) is 147 cm³/mol. The number of methoxy groups -OCH3 is 1. The van der Waals surface area contributed by atoms with Gasteiger partial charge in [0, 0.05) is 24.1 Å². The van der Waals surface area contributed by atoms with Crippen molar-refractivity contribution >= 4 is 51.6 Å². The van der Waals surface area contributed by atoms with Crippen molar-refractivity contribution in [3.8, 4) is 16.9 Å². The third kappa shape index (κ3) is 6.17. The summed E-state index contributed by atoms with van der Waals surface area (Å²) in [6, 6.07) is 10.1. The number of hydrogen-bond donors (Lipinski definition) is 1. The zero-order chi connectivity index (χ0) is 27.4. The normalized spacial score (nSPS) is 10.9. The van der Waals surface area contributed by atoms with E-state index in [1.165, 1.54) is 48.4 Å². The second-order valence-electron chi connectivity index (χ2n) is 8.32. The summed E-state index contributed by atoms with van der Waals surface area (Å²) in [5.74, 6) is -0.417. The molecule has 0 saturated carbocycles. The average Bonchev–Trinajstić information content (AvgIpc) is 3.47. The zero-order valence-electron chi connectivity index (χ0n) is 21.0. The molecule has 38 heavy (non-hydrogen) atoms. The quantitative estimate of drug-likeness (QED) is 0.192. The van der Waals surface area contributed by atoms with Crippen molar-refractivity contribution in [3.05, 3.63) is 75.1 Å². The third-order valence-electron chi connectivity index (χ3n) is 5.63. The number of ether oxygens (including phenoxy) is 2. The maximum absolute atomic E-state index is 13.3. The molecule has 4 rings (SSSR count). The van der Waals surface area contributed by atoms with Gasteiger partial charge >= 0.3 is 5.97 Å². The van der Waals surface area contributed by atoms with Crippen molar-refractivity contribution in [2.45, 2.75) is 25.6 Å². The van der Waals surface area contributed by atoms with Crippen molar-refractivity contribution in [2.24, 2.45) is 7.05 Å². The summed E-state index contributed by atoms with van der Waals surface area (Å²) in [4.78, 5) is 25.5. The van der Waals surface area contributed by atoms with Gasteiger partial charge in [-0.25, -0.2) is 9.18 Å².